The van der Waals surface area contributed by atoms with Gasteiger partial charge in [-0.25, -0.2) is 0 Å². The minimum absolute atomic E-state index is 0.000430. The van der Waals surface area contributed by atoms with E-state index in [0.717, 1.165) is 6.29 Å². The third-order valence-corrected chi connectivity index (χ3v) is 7.25. The van der Waals surface area contributed by atoms with E-state index in [1.807, 2.05) is 41.5 Å². The van der Waals surface area contributed by atoms with Gasteiger partial charge < -0.3 is 13.8 Å². The number of carbonyl (C=O) groups excluding carboxylic acids is 1. The summed E-state index contributed by atoms with van der Waals surface area (Å²) in [5, 5.41) is 0. The normalized spacial score (nSPS) is 13.5. The first-order chi connectivity index (χ1) is 7.10. The van der Waals surface area contributed by atoms with Crippen molar-refractivity contribution in [3.63, 3.8) is 0 Å². The van der Waals surface area contributed by atoms with Crippen molar-refractivity contribution in [2.24, 2.45) is 0 Å². The SMILES string of the molecule is CC(C)OP(=S)(OC(C)C)SC(C)(C)C=O. The van der Waals surface area contributed by atoms with Crippen LogP contribution >= 0.6 is 17.1 Å². The van der Waals surface area contributed by atoms with Crippen LogP contribution in [0.4, 0.5) is 0 Å². The third-order valence-electron chi connectivity index (χ3n) is 1.31. The standard InChI is InChI=1S/C10H21O3PS2/c1-8(2)12-14(15,13-9(3)4)16-10(5,6)7-11/h7-9H,1-6H3. The summed E-state index contributed by atoms with van der Waals surface area (Å²) in [6.07, 6.45) is 0.880. The van der Waals surface area contributed by atoms with E-state index in [2.05, 4.69) is 0 Å². The van der Waals surface area contributed by atoms with Crippen LogP contribution in [0.3, 0.4) is 0 Å². The molecule has 0 aromatic heterocycles. The molecule has 0 aliphatic carbocycles. The average Bonchev–Trinajstić information content (AvgIpc) is 1.98. The van der Waals surface area contributed by atoms with Gasteiger partial charge in [-0.1, -0.05) is 11.4 Å². The zero-order chi connectivity index (χ0) is 13.0. The van der Waals surface area contributed by atoms with Crippen LogP contribution in [0.5, 0.6) is 0 Å². The molecule has 0 N–H and O–H groups in total. The van der Waals surface area contributed by atoms with Gasteiger partial charge in [0, 0.05) is 0 Å². The molecule has 0 saturated carbocycles. The molecule has 0 rings (SSSR count). The lowest BCUT2D eigenvalue weighted by molar-refractivity contribution is -0.109. The Kier molecular flexibility index (Phi) is 6.74. The maximum absolute atomic E-state index is 10.9. The molecule has 0 unspecified atom stereocenters. The zero-order valence-corrected chi connectivity index (χ0v) is 13.2. The Morgan fingerprint density at radius 1 is 1.19 bits per heavy atom. The Hall–Kier alpha value is 0.590. The van der Waals surface area contributed by atoms with Crippen LogP contribution in [0.15, 0.2) is 0 Å². The fraction of sp³-hybridized carbons (Fsp3) is 0.900. The molecule has 0 heterocycles. The van der Waals surface area contributed by atoms with Gasteiger partial charge in [-0.15, -0.1) is 0 Å². The molecule has 0 amide bonds. The van der Waals surface area contributed by atoms with Crippen molar-refractivity contribution in [1.82, 2.24) is 0 Å². The number of aldehydes is 1. The molecular weight excluding hydrogens is 263 g/mol. The predicted octanol–water partition coefficient (Wildman–Crippen LogP) is 3.77. The van der Waals surface area contributed by atoms with Crippen LogP contribution in [0, 0.1) is 0 Å². The van der Waals surface area contributed by atoms with Gasteiger partial charge in [-0.2, -0.15) is 0 Å². The highest BCUT2D eigenvalue weighted by Gasteiger charge is 2.32. The summed E-state index contributed by atoms with van der Waals surface area (Å²) >= 11 is 6.76. The van der Waals surface area contributed by atoms with Gasteiger partial charge in [0.25, 0.3) is 0 Å². The monoisotopic (exact) mass is 284 g/mol. The second kappa shape index (κ2) is 6.50. The number of hydrogen-bond donors (Lipinski definition) is 0. The molecule has 96 valence electrons. The first-order valence-electron chi connectivity index (χ1n) is 5.24. The zero-order valence-electron chi connectivity index (χ0n) is 10.7. The first-order valence-corrected chi connectivity index (χ1v) is 9.30. The molecule has 0 aliphatic rings. The Balaban J connectivity index is 4.79. The summed E-state index contributed by atoms with van der Waals surface area (Å²) in [6, 6.07) is 0. The second-order valence-corrected chi connectivity index (χ2v) is 11.2. The quantitative estimate of drug-likeness (QED) is 0.525. The number of rotatable bonds is 7. The van der Waals surface area contributed by atoms with E-state index in [4.69, 9.17) is 20.9 Å². The van der Waals surface area contributed by atoms with Crippen molar-refractivity contribution < 1.29 is 13.8 Å². The van der Waals surface area contributed by atoms with Crippen molar-refractivity contribution in [2.75, 3.05) is 0 Å². The van der Waals surface area contributed by atoms with E-state index in [1.165, 1.54) is 11.4 Å². The second-order valence-electron chi connectivity index (χ2n) is 4.57. The topological polar surface area (TPSA) is 35.5 Å². The van der Waals surface area contributed by atoms with Crippen molar-refractivity contribution >= 4 is 35.2 Å². The van der Waals surface area contributed by atoms with Gasteiger partial charge in [0.05, 0.1) is 17.0 Å². The molecule has 0 radical (unpaired) electrons. The summed E-state index contributed by atoms with van der Waals surface area (Å²) in [4.78, 5) is 10.9. The van der Waals surface area contributed by atoms with E-state index >= 15 is 0 Å². The van der Waals surface area contributed by atoms with E-state index in [0.29, 0.717) is 0 Å². The number of carbonyl (C=O) groups is 1. The van der Waals surface area contributed by atoms with Crippen LogP contribution < -0.4 is 0 Å². The molecule has 0 bridgehead atoms. The van der Waals surface area contributed by atoms with Crippen LogP contribution in [-0.4, -0.2) is 23.2 Å². The van der Waals surface area contributed by atoms with Crippen molar-refractivity contribution in [3.8, 4) is 0 Å². The van der Waals surface area contributed by atoms with Crippen LogP contribution in [0.25, 0.3) is 0 Å². The minimum Gasteiger partial charge on any atom is -0.319 e. The first kappa shape index (κ1) is 16.6. The largest absolute Gasteiger partial charge is 0.319 e. The summed E-state index contributed by atoms with van der Waals surface area (Å²) in [7, 11) is 0. The van der Waals surface area contributed by atoms with Gasteiger partial charge in [0.2, 0.25) is 5.69 Å². The molecule has 0 aromatic carbocycles. The Labute approximate surface area is 108 Å². The van der Waals surface area contributed by atoms with Gasteiger partial charge in [-0.3, -0.25) is 0 Å². The lowest BCUT2D eigenvalue weighted by atomic mass is 10.2. The Morgan fingerprint density at radius 2 is 1.56 bits per heavy atom. The minimum atomic E-state index is -2.45. The van der Waals surface area contributed by atoms with Gasteiger partial charge in [-0.05, 0) is 53.3 Å². The van der Waals surface area contributed by atoms with Gasteiger partial charge in [0.1, 0.15) is 6.29 Å². The molecular formula is C10H21O3PS2. The number of hydrogen-bond acceptors (Lipinski definition) is 5. The highest BCUT2D eigenvalue weighted by atomic mass is 32.9. The van der Waals surface area contributed by atoms with Crippen LogP contribution in [0.2, 0.25) is 0 Å². The fourth-order valence-corrected chi connectivity index (χ4v) is 8.59. The average molecular weight is 284 g/mol. The molecule has 0 aromatic rings. The highest BCUT2D eigenvalue weighted by molar-refractivity contribution is 8.68. The summed E-state index contributed by atoms with van der Waals surface area (Å²) < 4.78 is 10.8. The molecule has 3 nitrogen and oxygen atoms in total. The van der Waals surface area contributed by atoms with Crippen molar-refractivity contribution in [1.29, 1.82) is 0 Å². The maximum Gasteiger partial charge on any atom is 0.248 e. The van der Waals surface area contributed by atoms with E-state index in [9.17, 15) is 4.79 Å². The maximum atomic E-state index is 10.9. The van der Waals surface area contributed by atoms with Gasteiger partial charge in [0.15, 0.2) is 0 Å². The molecule has 0 saturated heterocycles. The Bertz CT molecular complexity index is 263. The van der Waals surface area contributed by atoms with E-state index in [1.54, 1.807) is 0 Å². The highest BCUT2D eigenvalue weighted by Crippen LogP contribution is 2.66. The van der Waals surface area contributed by atoms with Crippen molar-refractivity contribution in [3.05, 3.63) is 0 Å². The summed E-state index contributed by atoms with van der Waals surface area (Å²) in [5.41, 5.74) is -2.45. The molecule has 6 heteroatoms. The molecule has 0 spiro atoms. The molecule has 0 fully saturated rings. The lowest BCUT2D eigenvalue weighted by Gasteiger charge is -2.30. The van der Waals surface area contributed by atoms with Crippen LogP contribution in [-0.2, 0) is 25.6 Å². The Morgan fingerprint density at radius 3 is 1.81 bits per heavy atom. The van der Waals surface area contributed by atoms with E-state index < -0.39 is 10.4 Å². The summed E-state index contributed by atoms with van der Waals surface area (Å²) in [5.74, 6) is 0. The molecule has 0 atom stereocenters. The fourth-order valence-electron chi connectivity index (χ4n) is 0.894. The predicted molar refractivity (Wildman–Crippen MR) is 74.5 cm³/mol. The van der Waals surface area contributed by atoms with Crippen LogP contribution in [0.1, 0.15) is 41.5 Å². The smallest absolute Gasteiger partial charge is 0.248 e. The molecule has 16 heavy (non-hydrogen) atoms. The molecule has 0 aliphatic heterocycles. The van der Waals surface area contributed by atoms with Crippen molar-refractivity contribution in [2.45, 2.75) is 58.5 Å². The van der Waals surface area contributed by atoms with E-state index in [-0.39, 0.29) is 12.2 Å². The lowest BCUT2D eigenvalue weighted by Crippen LogP contribution is -2.18. The summed E-state index contributed by atoms with van der Waals surface area (Å²) in [6.45, 7) is 11.3. The third kappa shape index (κ3) is 7.02. The van der Waals surface area contributed by atoms with Gasteiger partial charge >= 0.3 is 0 Å².